The van der Waals surface area contributed by atoms with Crippen LogP contribution in [-0.2, 0) is 14.3 Å². The quantitative estimate of drug-likeness (QED) is 0.236. The second kappa shape index (κ2) is 18.6. The van der Waals surface area contributed by atoms with Gasteiger partial charge < -0.3 is 9.64 Å². The summed E-state index contributed by atoms with van der Waals surface area (Å²) < 4.78 is 4.55. The van der Waals surface area contributed by atoms with Crippen LogP contribution in [0.2, 0.25) is 0 Å². The van der Waals surface area contributed by atoms with Crippen molar-refractivity contribution in [3.63, 3.8) is 0 Å². The lowest BCUT2D eigenvalue weighted by Crippen LogP contribution is -2.58. The molecule has 1 amide bonds. The van der Waals surface area contributed by atoms with Gasteiger partial charge in [-0.1, -0.05) is 95.1 Å². The van der Waals surface area contributed by atoms with Crippen LogP contribution in [0.25, 0.3) is 0 Å². The summed E-state index contributed by atoms with van der Waals surface area (Å²) in [5.74, 6) is 0.419. The number of rotatable bonds is 10. The highest BCUT2D eigenvalue weighted by Gasteiger charge is 2.52. The van der Waals surface area contributed by atoms with E-state index in [9.17, 15) is 9.59 Å². The molecule has 1 spiro atoms. The van der Waals surface area contributed by atoms with Gasteiger partial charge in [0, 0.05) is 49.0 Å². The third-order valence-corrected chi connectivity index (χ3v) is 9.31. The molecule has 4 rings (SSSR count). The summed E-state index contributed by atoms with van der Waals surface area (Å²) in [6.07, 6.45) is 12.5. The number of hydrogen-bond donors (Lipinski definition) is 0. The number of halogens is 1. The van der Waals surface area contributed by atoms with Gasteiger partial charge in [-0.2, -0.15) is 0 Å². The summed E-state index contributed by atoms with van der Waals surface area (Å²) in [7, 11) is 0. The third-order valence-electron chi connectivity index (χ3n) is 9.09. The molecule has 256 valence electrons. The topological polar surface area (TPSA) is 62.2 Å². The number of carbonyl (C=O) groups excluding carboxylic acids is 2. The van der Waals surface area contributed by atoms with Crippen LogP contribution in [0.15, 0.2) is 69.7 Å². The smallest absolute Gasteiger partial charge is 0.302 e. The van der Waals surface area contributed by atoms with Crippen LogP contribution in [0.1, 0.15) is 126 Å². The van der Waals surface area contributed by atoms with Crippen LogP contribution in [-0.4, -0.2) is 58.3 Å². The van der Waals surface area contributed by atoms with Crippen LogP contribution >= 0.6 is 11.6 Å². The average Bonchev–Trinajstić information content (AvgIpc) is 3.18. The summed E-state index contributed by atoms with van der Waals surface area (Å²) in [5, 5.41) is 0.656. The van der Waals surface area contributed by atoms with Gasteiger partial charge in [-0.25, -0.2) is 0 Å². The van der Waals surface area contributed by atoms with Gasteiger partial charge in [0.15, 0.2) is 0 Å². The second-order valence-corrected chi connectivity index (χ2v) is 13.8. The molecule has 3 aliphatic rings. The lowest BCUT2D eigenvalue weighted by atomic mass is 9.87. The van der Waals surface area contributed by atoms with Gasteiger partial charge in [0.25, 0.3) is 5.91 Å². The van der Waals surface area contributed by atoms with Gasteiger partial charge in [0.2, 0.25) is 0 Å². The SMILES string of the molecule is CC.CCC(C)(C)N1CCC2(CC1)N=C(C1=CCC(C)=CC(Cl)=C1)C(=O)N2C(CCC(C)C)c1ccccc1.CCCOC(C)=O. The molecule has 2 aliphatic heterocycles. The Balaban J connectivity index is 0.000000724. The maximum atomic E-state index is 14.4. The van der Waals surface area contributed by atoms with E-state index < -0.39 is 5.66 Å². The normalized spacial score (nSPS) is 18.7. The number of ether oxygens (including phenoxy) is 1. The molecule has 6 nitrogen and oxygen atoms in total. The van der Waals surface area contributed by atoms with Gasteiger partial charge in [0.1, 0.15) is 11.4 Å². The fourth-order valence-corrected chi connectivity index (χ4v) is 6.42. The number of amides is 1. The first-order valence-electron chi connectivity index (χ1n) is 17.4. The Morgan fingerprint density at radius 1 is 1.07 bits per heavy atom. The monoisotopic (exact) mass is 653 g/mol. The lowest BCUT2D eigenvalue weighted by molar-refractivity contribution is -0.141. The van der Waals surface area contributed by atoms with Crippen molar-refractivity contribution in [1.29, 1.82) is 0 Å². The zero-order valence-electron chi connectivity index (χ0n) is 30.3. The number of esters is 1. The number of nitrogens with zero attached hydrogens (tertiary/aromatic N) is 3. The van der Waals surface area contributed by atoms with Crippen LogP contribution in [0.3, 0.4) is 0 Å². The Morgan fingerprint density at radius 2 is 1.70 bits per heavy atom. The molecular weight excluding hydrogens is 594 g/mol. The summed E-state index contributed by atoms with van der Waals surface area (Å²) in [6.45, 7) is 23.3. The number of allylic oxidation sites excluding steroid dienone is 5. The summed E-state index contributed by atoms with van der Waals surface area (Å²) >= 11 is 6.54. The van der Waals surface area contributed by atoms with Crippen LogP contribution in [0.5, 0.6) is 0 Å². The van der Waals surface area contributed by atoms with Crippen molar-refractivity contribution >= 4 is 29.2 Å². The van der Waals surface area contributed by atoms with E-state index in [2.05, 4.69) is 92.5 Å². The van der Waals surface area contributed by atoms with Crippen molar-refractivity contribution in [2.24, 2.45) is 10.9 Å². The lowest BCUT2D eigenvalue weighted by Gasteiger charge is -2.49. The van der Waals surface area contributed by atoms with Crippen LogP contribution in [0, 0.1) is 5.92 Å². The maximum absolute atomic E-state index is 14.4. The first-order valence-corrected chi connectivity index (χ1v) is 17.8. The molecule has 0 aromatic heterocycles. The van der Waals surface area contributed by atoms with Gasteiger partial charge in [-0.3, -0.25) is 19.5 Å². The first-order chi connectivity index (χ1) is 21.8. The van der Waals surface area contributed by atoms with Crippen molar-refractivity contribution in [3.8, 4) is 0 Å². The highest BCUT2D eigenvalue weighted by atomic mass is 35.5. The standard InChI is InChI=1S/C32H44ClN3O.C5H10O2.C2H6/c1-7-31(5,6)35-19-17-32(18-20-35)34-29(26-15-14-24(4)21-27(33)22-26)30(37)36(32)28(16-13-23(2)3)25-11-9-8-10-12-25;1-3-4-7-5(2)6;1-2/h8-12,15,21-23,28H,7,13-14,16-20H2,1-6H3;3-4H2,1-2H3;1-2H3. The largest absolute Gasteiger partial charge is 0.466 e. The summed E-state index contributed by atoms with van der Waals surface area (Å²) in [6, 6.07) is 10.6. The number of aliphatic imine (C=N–C) groups is 1. The predicted octanol–water partition coefficient (Wildman–Crippen LogP) is 9.81. The fraction of sp³-hybridized carbons (Fsp3) is 0.615. The minimum atomic E-state index is -0.528. The minimum Gasteiger partial charge on any atom is -0.466 e. The molecule has 0 radical (unpaired) electrons. The molecule has 1 atom stereocenters. The van der Waals surface area contributed by atoms with Gasteiger partial charge in [0.05, 0.1) is 12.6 Å². The Morgan fingerprint density at radius 3 is 2.22 bits per heavy atom. The number of benzene rings is 1. The van der Waals surface area contributed by atoms with E-state index in [1.165, 1.54) is 18.1 Å². The Labute approximate surface area is 285 Å². The van der Waals surface area contributed by atoms with Crippen LogP contribution in [0.4, 0.5) is 0 Å². The highest BCUT2D eigenvalue weighted by Crippen LogP contribution is 2.45. The van der Waals surface area contributed by atoms with Crippen molar-refractivity contribution in [2.75, 3.05) is 19.7 Å². The predicted molar refractivity (Wildman–Crippen MR) is 194 cm³/mol. The van der Waals surface area contributed by atoms with Crippen molar-refractivity contribution in [2.45, 2.75) is 131 Å². The highest BCUT2D eigenvalue weighted by molar-refractivity contribution is 6.48. The molecule has 7 heteroatoms. The van der Waals surface area contributed by atoms with Gasteiger partial charge in [-0.05, 0) is 76.5 Å². The molecule has 1 fully saturated rings. The molecule has 1 unspecified atom stereocenters. The molecule has 0 bridgehead atoms. The molecule has 0 saturated carbocycles. The van der Waals surface area contributed by atoms with E-state index in [-0.39, 0.29) is 23.5 Å². The molecule has 1 saturated heterocycles. The van der Waals surface area contributed by atoms with E-state index in [0.29, 0.717) is 23.3 Å². The zero-order chi connectivity index (χ0) is 34.5. The molecule has 2 heterocycles. The molecule has 1 aromatic rings. The van der Waals surface area contributed by atoms with E-state index >= 15 is 0 Å². The van der Waals surface area contributed by atoms with Crippen molar-refractivity contribution in [3.05, 3.63) is 70.3 Å². The summed E-state index contributed by atoms with van der Waals surface area (Å²) in [5.41, 5.74) is 3.43. The van der Waals surface area contributed by atoms with Crippen molar-refractivity contribution < 1.29 is 14.3 Å². The average molecular weight is 654 g/mol. The fourth-order valence-electron chi connectivity index (χ4n) is 6.12. The first kappa shape index (κ1) is 39.5. The van der Waals surface area contributed by atoms with E-state index in [1.54, 1.807) is 0 Å². The maximum Gasteiger partial charge on any atom is 0.302 e. The Bertz CT molecular complexity index is 1250. The third kappa shape index (κ3) is 10.7. The number of piperidine rings is 1. The minimum absolute atomic E-state index is 0.00576. The second-order valence-electron chi connectivity index (χ2n) is 13.4. The van der Waals surface area contributed by atoms with Crippen molar-refractivity contribution in [1.82, 2.24) is 9.80 Å². The molecule has 1 aromatic carbocycles. The Kier molecular flexibility index (Phi) is 16.0. The molecule has 46 heavy (non-hydrogen) atoms. The summed E-state index contributed by atoms with van der Waals surface area (Å²) in [4.78, 5) is 34.5. The van der Waals surface area contributed by atoms with E-state index in [4.69, 9.17) is 16.6 Å². The molecular formula is C39H60ClN3O3. The molecule has 0 N–H and O–H groups in total. The van der Waals surface area contributed by atoms with Gasteiger partial charge >= 0.3 is 5.97 Å². The number of hydrogen-bond acceptors (Lipinski definition) is 5. The van der Waals surface area contributed by atoms with Gasteiger partial charge in [-0.15, -0.1) is 0 Å². The number of carbonyl (C=O) groups is 2. The molecule has 1 aliphatic carbocycles. The Hall–Kier alpha value is -2.70. The van der Waals surface area contributed by atoms with E-state index in [0.717, 1.165) is 63.6 Å². The zero-order valence-corrected chi connectivity index (χ0v) is 31.0. The van der Waals surface area contributed by atoms with E-state index in [1.807, 2.05) is 32.9 Å². The number of likely N-dealkylation sites (tertiary alicyclic amines) is 1. The van der Waals surface area contributed by atoms with Crippen LogP contribution < -0.4 is 0 Å².